The van der Waals surface area contributed by atoms with E-state index in [1.807, 2.05) is 40.0 Å². The van der Waals surface area contributed by atoms with Gasteiger partial charge in [-0.05, 0) is 55.6 Å². The quantitative estimate of drug-likeness (QED) is 0.0964. The molecule has 0 atom stereocenters. The Morgan fingerprint density at radius 2 is 1.60 bits per heavy atom. The molecule has 1 N–H and O–H groups in total. The van der Waals surface area contributed by atoms with Crippen LogP contribution < -0.4 is 0 Å². The van der Waals surface area contributed by atoms with Crippen molar-refractivity contribution in [1.29, 1.82) is 0 Å². The molecule has 0 amide bonds. The Balaban J connectivity index is 0.000000269. The zero-order chi connectivity index (χ0) is 33.0. The molecule has 5 heteroatoms. The Bertz CT molecular complexity index is 1870. The second kappa shape index (κ2) is 15.6. The number of aliphatic hydroxyl groups is 1. The third-order valence-electron chi connectivity index (χ3n) is 9.53. The summed E-state index contributed by atoms with van der Waals surface area (Å²) in [4.78, 5) is 16.6. The first kappa shape index (κ1) is 36.3. The van der Waals surface area contributed by atoms with Crippen molar-refractivity contribution < 1.29 is 34.4 Å². The molecule has 249 valence electrons. The van der Waals surface area contributed by atoms with Crippen LogP contribution in [0.25, 0.3) is 44.3 Å². The van der Waals surface area contributed by atoms with Crippen LogP contribution in [0.1, 0.15) is 90.8 Å². The molecule has 47 heavy (non-hydrogen) atoms. The van der Waals surface area contributed by atoms with Crippen molar-refractivity contribution in [3.63, 3.8) is 0 Å². The number of fused-ring (bicyclic) bond motifs is 6. The van der Waals surface area contributed by atoms with E-state index in [0.29, 0.717) is 0 Å². The molecular formula is C42H48IrNO3-. The summed E-state index contributed by atoms with van der Waals surface area (Å²) in [6.45, 7) is 14.9. The molecule has 0 saturated heterocycles. The van der Waals surface area contributed by atoms with E-state index >= 15 is 0 Å². The van der Waals surface area contributed by atoms with Crippen LogP contribution in [0.15, 0.2) is 83.1 Å². The monoisotopic (exact) mass is 807 g/mol. The molecule has 6 rings (SSSR count). The van der Waals surface area contributed by atoms with Gasteiger partial charge in [-0.25, -0.2) is 0 Å². The maximum Gasteiger partial charge on any atom is 0.162 e. The molecule has 2 aromatic heterocycles. The number of benzene rings is 3. The summed E-state index contributed by atoms with van der Waals surface area (Å²) in [5.41, 5.74) is 8.10. The third-order valence-corrected chi connectivity index (χ3v) is 9.53. The third kappa shape index (κ3) is 7.63. The molecular weight excluding hydrogens is 759 g/mol. The van der Waals surface area contributed by atoms with Crippen LogP contribution in [0.4, 0.5) is 0 Å². The Morgan fingerprint density at radius 1 is 0.936 bits per heavy atom. The molecule has 3 aromatic carbocycles. The van der Waals surface area contributed by atoms with Crippen LogP contribution >= 0.6 is 0 Å². The molecule has 5 aromatic rings. The van der Waals surface area contributed by atoms with Crippen molar-refractivity contribution in [2.45, 2.75) is 92.4 Å². The molecule has 4 nitrogen and oxygen atoms in total. The summed E-state index contributed by atoms with van der Waals surface area (Å²) in [6.07, 6.45) is 8.76. The number of aliphatic hydroxyl groups excluding tert-OH is 1. The van der Waals surface area contributed by atoms with Crippen LogP contribution in [-0.2, 0) is 43.2 Å². The number of nitrogens with zero attached hydrogens (tertiary/aromatic N) is 1. The van der Waals surface area contributed by atoms with Gasteiger partial charge in [0, 0.05) is 66.4 Å². The predicted molar refractivity (Wildman–Crippen MR) is 191 cm³/mol. The van der Waals surface area contributed by atoms with Gasteiger partial charge in [0.2, 0.25) is 0 Å². The number of ketones is 1. The molecule has 0 unspecified atom stereocenters. The van der Waals surface area contributed by atoms with Crippen LogP contribution in [0.3, 0.4) is 0 Å². The number of allylic oxidation sites excluding steroid dienone is 2. The van der Waals surface area contributed by atoms with Crippen LogP contribution in [-0.4, -0.2) is 15.9 Å². The standard InChI is InChI=1S/C29H24NO.C13H24O2.Ir/c1-29(2,3)24-17-20(16-19-9-5-6-10-21(19)24)27-26-23-13-12-18-8-4-7-11-22(18)28(23)31-25(26)14-15-30-27;1-5-10(6-2)12(14)9-13(15)11(7-3)8-4;/h4-11,14-15,17H,12-13H2,1-3H3;9-11,14H,5-8H2,1-4H3;/q-1;;/b;12-9-;. The summed E-state index contributed by atoms with van der Waals surface area (Å²) in [7, 11) is 0. The number of pyridine rings is 1. The second-order valence-corrected chi connectivity index (χ2v) is 13.5. The fourth-order valence-electron chi connectivity index (χ4n) is 6.74. The zero-order valence-electron chi connectivity index (χ0n) is 28.9. The summed E-state index contributed by atoms with van der Waals surface area (Å²) < 4.78 is 6.41. The van der Waals surface area contributed by atoms with Crippen molar-refractivity contribution >= 4 is 27.5 Å². The van der Waals surface area contributed by atoms with Crippen molar-refractivity contribution in [2.75, 3.05) is 0 Å². The molecule has 2 heterocycles. The van der Waals surface area contributed by atoms with Gasteiger partial charge >= 0.3 is 0 Å². The van der Waals surface area contributed by atoms with Gasteiger partial charge in [-0.3, -0.25) is 9.78 Å². The van der Waals surface area contributed by atoms with Gasteiger partial charge in [0.15, 0.2) is 5.78 Å². The SMILES string of the molecule is CC(C)(C)c1cc(-c2nccc3oc4c(c23)CCc2ccccc2-4)[c-]c2ccccc12.CCC(CC)C(=O)/C=C(\O)C(CC)CC.[Ir]. The maximum absolute atomic E-state index is 11.7. The molecule has 0 spiro atoms. The van der Waals surface area contributed by atoms with Gasteiger partial charge < -0.3 is 9.52 Å². The molecule has 0 aliphatic heterocycles. The Hall–Kier alpha value is -3.53. The van der Waals surface area contributed by atoms with Gasteiger partial charge in [-0.15, -0.1) is 29.1 Å². The summed E-state index contributed by atoms with van der Waals surface area (Å²) in [6, 6.07) is 25.0. The normalized spacial score (nSPS) is 12.8. The van der Waals surface area contributed by atoms with Gasteiger partial charge in [-0.1, -0.05) is 102 Å². The minimum Gasteiger partial charge on any atom is -0.512 e. The van der Waals surface area contributed by atoms with E-state index in [0.717, 1.165) is 71.9 Å². The summed E-state index contributed by atoms with van der Waals surface area (Å²) in [5, 5.41) is 13.3. The Labute approximate surface area is 294 Å². The average molecular weight is 807 g/mol. The van der Waals surface area contributed by atoms with Crippen LogP contribution in [0.5, 0.6) is 0 Å². The Kier molecular flexibility index (Phi) is 12.0. The van der Waals surface area contributed by atoms with E-state index in [1.54, 1.807) is 0 Å². The largest absolute Gasteiger partial charge is 0.512 e. The predicted octanol–water partition coefficient (Wildman–Crippen LogP) is 11.4. The molecule has 0 fully saturated rings. The van der Waals surface area contributed by atoms with Crippen molar-refractivity contribution in [3.05, 3.63) is 101 Å². The van der Waals surface area contributed by atoms with E-state index in [1.165, 1.54) is 33.7 Å². The first-order valence-corrected chi connectivity index (χ1v) is 17.0. The Morgan fingerprint density at radius 3 is 2.28 bits per heavy atom. The second-order valence-electron chi connectivity index (χ2n) is 13.5. The molecule has 0 saturated carbocycles. The van der Waals surface area contributed by atoms with Crippen molar-refractivity contribution in [1.82, 2.24) is 4.98 Å². The van der Waals surface area contributed by atoms with E-state index in [-0.39, 0.29) is 48.9 Å². The number of aryl methyl sites for hydroxylation is 2. The molecule has 0 bridgehead atoms. The number of hydrogen-bond acceptors (Lipinski definition) is 4. The van der Waals surface area contributed by atoms with Gasteiger partial charge in [0.1, 0.15) is 11.3 Å². The number of furan rings is 1. The number of rotatable bonds is 8. The van der Waals surface area contributed by atoms with E-state index in [4.69, 9.17) is 9.40 Å². The smallest absolute Gasteiger partial charge is 0.162 e. The van der Waals surface area contributed by atoms with Crippen LogP contribution in [0, 0.1) is 17.9 Å². The van der Waals surface area contributed by atoms with E-state index in [9.17, 15) is 9.90 Å². The first-order valence-electron chi connectivity index (χ1n) is 17.0. The van der Waals surface area contributed by atoms with Gasteiger partial charge in [0.05, 0.1) is 5.76 Å². The minimum absolute atomic E-state index is 0. The molecule has 1 aliphatic rings. The molecule has 1 radical (unpaired) electrons. The number of carbonyl (C=O) groups is 1. The number of aromatic nitrogens is 1. The van der Waals surface area contributed by atoms with Crippen molar-refractivity contribution in [3.8, 4) is 22.6 Å². The van der Waals surface area contributed by atoms with Crippen LogP contribution in [0.2, 0.25) is 0 Å². The fraction of sp³-hybridized carbons (Fsp3) is 0.381. The minimum atomic E-state index is 0. The molecule has 1 aliphatic carbocycles. The van der Waals surface area contributed by atoms with E-state index < -0.39 is 0 Å². The number of carbonyl (C=O) groups excluding carboxylic acids is 1. The maximum atomic E-state index is 11.7. The van der Waals surface area contributed by atoms with Crippen molar-refractivity contribution in [2.24, 2.45) is 11.8 Å². The van der Waals surface area contributed by atoms with Gasteiger partial charge in [-0.2, -0.15) is 0 Å². The van der Waals surface area contributed by atoms with E-state index in [2.05, 4.69) is 81.4 Å². The average Bonchev–Trinajstić information content (AvgIpc) is 3.45. The summed E-state index contributed by atoms with van der Waals surface area (Å²) >= 11 is 0. The topological polar surface area (TPSA) is 63.3 Å². The number of hydrogen-bond donors (Lipinski definition) is 1. The summed E-state index contributed by atoms with van der Waals surface area (Å²) in [5.74, 6) is 1.55. The zero-order valence-corrected chi connectivity index (χ0v) is 31.3. The fourth-order valence-corrected chi connectivity index (χ4v) is 6.74. The first-order chi connectivity index (χ1) is 22.1. The van der Waals surface area contributed by atoms with Gasteiger partial charge in [0.25, 0.3) is 0 Å².